The van der Waals surface area contributed by atoms with Crippen molar-refractivity contribution in [2.24, 2.45) is 0 Å². The molecule has 1 aliphatic rings. The number of halogens is 4. The van der Waals surface area contributed by atoms with E-state index in [0.29, 0.717) is 17.9 Å². The second kappa shape index (κ2) is 5.24. The lowest BCUT2D eigenvalue weighted by Gasteiger charge is -2.16. The van der Waals surface area contributed by atoms with E-state index in [4.69, 9.17) is 4.74 Å². The zero-order valence-electron chi connectivity index (χ0n) is 9.43. The van der Waals surface area contributed by atoms with Crippen molar-refractivity contribution in [3.63, 3.8) is 0 Å². The Kier molecular flexibility index (Phi) is 4.05. The van der Waals surface area contributed by atoms with E-state index in [1.807, 2.05) is 6.07 Å². The van der Waals surface area contributed by atoms with Crippen molar-refractivity contribution >= 4 is 22.6 Å². The maximum absolute atomic E-state index is 12.1. The number of rotatable bonds is 3. The highest BCUT2D eigenvalue weighted by atomic mass is 127. The van der Waals surface area contributed by atoms with Gasteiger partial charge in [-0.05, 0) is 46.7 Å². The normalized spacial score (nSPS) is 16.3. The van der Waals surface area contributed by atoms with Gasteiger partial charge in [-0.2, -0.15) is 13.2 Å². The number of hydrogen-bond acceptors (Lipinski definition) is 2. The van der Waals surface area contributed by atoms with Crippen LogP contribution >= 0.6 is 22.6 Å². The van der Waals surface area contributed by atoms with Crippen LogP contribution in [0.2, 0.25) is 0 Å². The van der Waals surface area contributed by atoms with Crippen molar-refractivity contribution in [1.82, 2.24) is 0 Å². The van der Waals surface area contributed by atoms with Gasteiger partial charge in [-0.1, -0.05) is 0 Å². The number of hydrogen-bond donors (Lipinski definition) is 1. The van der Waals surface area contributed by atoms with Crippen molar-refractivity contribution < 1.29 is 23.0 Å². The van der Waals surface area contributed by atoms with Crippen LogP contribution < -0.4 is 4.74 Å². The second-order valence-electron chi connectivity index (χ2n) is 4.25. The van der Waals surface area contributed by atoms with Crippen molar-refractivity contribution in [1.29, 1.82) is 0 Å². The van der Waals surface area contributed by atoms with Crippen LogP contribution in [0.4, 0.5) is 13.2 Å². The Hall–Kier alpha value is -0.500. The molecule has 6 heteroatoms. The first kappa shape index (κ1) is 13.9. The largest absolute Gasteiger partial charge is 0.493 e. The predicted octanol–water partition coefficient (Wildman–Crippen LogP) is 3.60. The first-order chi connectivity index (χ1) is 8.37. The van der Waals surface area contributed by atoms with E-state index < -0.39 is 18.7 Å². The molecule has 2 nitrogen and oxygen atoms in total. The molecule has 1 aromatic carbocycles. The van der Waals surface area contributed by atoms with E-state index >= 15 is 0 Å². The van der Waals surface area contributed by atoms with Gasteiger partial charge in [-0.25, -0.2) is 0 Å². The number of alkyl halides is 3. The van der Waals surface area contributed by atoms with Gasteiger partial charge in [0.25, 0.3) is 0 Å². The summed E-state index contributed by atoms with van der Waals surface area (Å²) < 4.78 is 42.7. The number of ether oxygens (including phenoxy) is 1. The van der Waals surface area contributed by atoms with Crippen LogP contribution in [0, 0.1) is 3.57 Å². The summed E-state index contributed by atoms with van der Waals surface area (Å²) in [5.74, 6) is 0.560. The molecule has 0 aromatic heterocycles. The molecule has 1 aliphatic heterocycles. The van der Waals surface area contributed by atoms with Crippen molar-refractivity contribution in [3.05, 3.63) is 26.8 Å². The van der Waals surface area contributed by atoms with Gasteiger partial charge < -0.3 is 9.84 Å². The lowest BCUT2D eigenvalue weighted by Crippen LogP contribution is -2.10. The molecular formula is C12H12F3IO2. The van der Waals surface area contributed by atoms with Crippen LogP contribution in [-0.2, 0) is 6.42 Å². The Morgan fingerprint density at radius 1 is 1.39 bits per heavy atom. The van der Waals surface area contributed by atoms with E-state index in [9.17, 15) is 18.3 Å². The summed E-state index contributed by atoms with van der Waals surface area (Å²) in [6.07, 6.45) is -5.96. The van der Waals surface area contributed by atoms with E-state index in [-0.39, 0.29) is 6.42 Å². The summed E-state index contributed by atoms with van der Waals surface area (Å²) in [6, 6.07) is 3.62. The molecule has 1 heterocycles. The maximum atomic E-state index is 12.1. The zero-order valence-corrected chi connectivity index (χ0v) is 11.6. The number of aliphatic hydroxyl groups excluding tert-OH is 1. The molecule has 0 amide bonds. The summed E-state index contributed by atoms with van der Waals surface area (Å²) in [5, 5.41) is 9.89. The van der Waals surface area contributed by atoms with Gasteiger partial charge in [-0.15, -0.1) is 0 Å². The average molecular weight is 372 g/mol. The molecule has 2 rings (SSSR count). The molecule has 1 N–H and O–H groups in total. The molecule has 1 aromatic rings. The van der Waals surface area contributed by atoms with E-state index in [2.05, 4.69) is 22.6 Å². The molecular weight excluding hydrogens is 360 g/mol. The third kappa shape index (κ3) is 3.28. The van der Waals surface area contributed by atoms with Crippen LogP contribution in [0.5, 0.6) is 5.75 Å². The molecule has 0 fully saturated rings. The van der Waals surface area contributed by atoms with Gasteiger partial charge in [0, 0.05) is 22.0 Å². The topological polar surface area (TPSA) is 29.5 Å². The summed E-state index contributed by atoms with van der Waals surface area (Å²) in [7, 11) is 0. The fourth-order valence-corrected chi connectivity index (χ4v) is 2.71. The molecule has 0 bridgehead atoms. The van der Waals surface area contributed by atoms with Crippen LogP contribution in [0.15, 0.2) is 12.1 Å². The Labute approximate surface area is 116 Å². The van der Waals surface area contributed by atoms with Crippen molar-refractivity contribution in [3.8, 4) is 5.75 Å². The van der Waals surface area contributed by atoms with Gasteiger partial charge in [0.05, 0.1) is 12.7 Å². The highest BCUT2D eigenvalue weighted by Gasteiger charge is 2.30. The standard InChI is InChI=1S/C12H12F3IO2/c13-12(14,15)3-1-10(17)9-6-8(16)5-7-2-4-18-11(7)9/h5-6,10,17H,1-4H2. The summed E-state index contributed by atoms with van der Waals surface area (Å²) in [5.41, 5.74) is 1.43. The smallest absolute Gasteiger partial charge is 0.389 e. The fourth-order valence-electron chi connectivity index (χ4n) is 2.00. The zero-order chi connectivity index (χ0) is 13.3. The number of aliphatic hydroxyl groups is 1. The third-order valence-electron chi connectivity index (χ3n) is 2.84. The predicted molar refractivity (Wildman–Crippen MR) is 68.6 cm³/mol. The SMILES string of the molecule is OC(CCC(F)(F)F)c1cc(I)cc2c1OCC2. The first-order valence-corrected chi connectivity index (χ1v) is 6.64. The molecule has 0 aliphatic carbocycles. The summed E-state index contributed by atoms with van der Waals surface area (Å²) in [6.45, 7) is 0.522. The van der Waals surface area contributed by atoms with E-state index in [1.165, 1.54) is 0 Å². The van der Waals surface area contributed by atoms with E-state index in [0.717, 1.165) is 15.6 Å². The van der Waals surface area contributed by atoms with Crippen LogP contribution in [0.1, 0.15) is 30.1 Å². The monoisotopic (exact) mass is 372 g/mol. The highest BCUT2D eigenvalue weighted by Crippen LogP contribution is 2.38. The molecule has 0 saturated heterocycles. The summed E-state index contributed by atoms with van der Waals surface area (Å²) >= 11 is 2.09. The van der Waals surface area contributed by atoms with Crippen LogP contribution in [0.25, 0.3) is 0 Å². The molecule has 1 unspecified atom stereocenters. The molecule has 100 valence electrons. The lowest BCUT2D eigenvalue weighted by atomic mass is 10.0. The van der Waals surface area contributed by atoms with Crippen LogP contribution in [-0.4, -0.2) is 17.9 Å². The number of fused-ring (bicyclic) bond motifs is 1. The minimum atomic E-state index is -4.24. The second-order valence-corrected chi connectivity index (χ2v) is 5.50. The lowest BCUT2D eigenvalue weighted by molar-refractivity contribution is -0.140. The van der Waals surface area contributed by atoms with Crippen molar-refractivity contribution in [2.45, 2.75) is 31.5 Å². The number of benzene rings is 1. The fraction of sp³-hybridized carbons (Fsp3) is 0.500. The average Bonchev–Trinajstić information content (AvgIpc) is 2.71. The molecule has 0 spiro atoms. The Morgan fingerprint density at radius 2 is 2.11 bits per heavy atom. The van der Waals surface area contributed by atoms with Gasteiger partial charge in [0.15, 0.2) is 0 Å². The molecule has 0 saturated carbocycles. The molecule has 18 heavy (non-hydrogen) atoms. The Bertz CT molecular complexity index is 446. The van der Waals surface area contributed by atoms with Crippen LogP contribution in [0.3, 0.4) is 0 Å². The maximum Gasteiger partial charge on any atom is 0.389 e. The van der Waals surface area contributed by atoms with Gasteiger partial charge in [0.1, 0.15) is 5.75 Å². The summed E-state index contributed by atoms with van der Waals surface area (Å²) in [4.78, 5) is 0. The Morgan fingerprint density at radius 3 is 2.78 bits per heavy atom. The molecule has 1 atom stereocenters. The van der Waals surface area contributed by atoms with Gasteiger partial charge in [-0.3, -0.25) is 0 Å². The quantitative estimate of drug-likeness (QED) is 0.822. The Balaban J connectivity index is 2.18. The van der Waals surface area contributed by atoms with Gasteiger partial charge in [0.2, 0.25) is 0 Å². The van der Waals surface area contributed by atoms with Gasteiger partial charge >= 0.3 is 6.18 Å². The highest BCUT2D eigenvalue weighted by molar-refractivity contribution is 14.1. The molecule has 0 radical (unpaired) electrons. The van der Waals surface area contributed by atoms with Crippen molar-refractivity contribution in [2.75, 3.05) is 6.61 Å². The first-order valence-electron chi connectivity index (χ1n) is 5.57. The minimum absolute atomic E-state index is 0.334. The minimum Gasteiger partial charge on any atom is -0.493 e. The van der Waals surface area contributed by atoms with E-state index in [1.54, 1.807) is 6.07 Å². The third-order valence-corrected chi connectivity index (χ3v) is 3.46.